The Balaban J connectivity index is 1.84. The van der Waals surface area contributed by atoms with E-state index in [1.807, 2.05) is 29.8 Å². The Bertz CT molecular complexity index is 727. The van der Waals surface area contributed by atoms with E-state index in [0.29, 0.717) is 31.4 Å². The van der Waals surface area contributed by atoms with Gasteiger partial charge in [-0.2, -0.15) is 5.10 Å². The Morgan fingerprint density at radius 1 is 1.35 bits per heavy atom. The number of rotatable bonds is 8. The van der Waals surface area contributed by atoms with Crippen LogP contribution in [-0.4, -0.2) is 48.5 Å². The number of carbonyl (C=O) groups excluding carboxylic acids is 1. The molecule has 1 aromatic heterocycles. The largest absolute Gasteiger partial charge is 0.383 e. The fourth-order valence-electron chi connectivity index (χ4n) is 3.54. The molecule has 1 aliphatic carbocycles. The Morgan fingerprint density at radius 2 is 2.15 bits per heavy atom. The minimum absolute atomic E-state index is 0.0758. The van der Waals surface area contributed by atoms with Crippen molar-refractivity contribution in [2.75, 3.05) is 26.8 Å². The van der Waals surface area contributed by atoms with E-state index >= 15 is 0 Å². The van der Waals surface area contributed by atoms with E-state index in [0.717, 1.165) is 31.4 Å². The molecule has 1 aromatic carbocycles. The smallest absolute Gasteiger partial charge is 0.272 e. The minimum atomic E-state index is -0.0758. The molecule has 0 unspecified atom stereocenters. The van der Waals surface area contributed by atoms with E-state index in [1.165, 1.54) is 11.3 Å². The third kappa shape index (κ3) is 4.31. The maximum absolute atomic E-state index is 12.5. The van der Waals surface area contributed by atoms with Gasteiger partial charge in [0.05, 0.1) is 13.2 Å². The summed E-state index contributed by atoms with van der Waals surface area (Å²) >= 11 is 0. The molecule has 2 aromatic rings. The van der Waals surface area contributed by atoms with Crippen molar-refractivity contribution in [2.45, 2.75) is 38.8 Å². The molecule has 6 nitrogen and oxygen atoms in total. The zero-order chi connectivity index (χ0) is 18.4. The third-order valence-electron chi connectivity index (χ3n) is 4.81. The minimum Gasteiger partial charge on any atom is -0.383 e. The van der Waals surface area contributed by atoms with Crippen LogP contribution in [0.4, 0.5) is 0 Å². The lowest BCUT2D eigenvalue weighted by Crippen LogP contribution is -2.37. The van der Waals surface area contributed by atoms with E-state index in [4.69, 9.17) is 4.74 Å². The summed E-state index contributed by atoms with van der Waals surface area (Å²) in [6.07, 6.45) is 2.81. The molecule has 0 fully saturated rings. The number of hydrogen-bond donors (Lipinski definition) is 2. The number of aromatic nitrogens is 2. The van der Waals surface area contributed by atoms with Gasteiger partial charge in [0.25, 0.3) is 5.91 Å². The lowest BCUT2D eigenvalue weighted by Gasteiger charge is -2.24. The van der Waals surface area contributed by atoms with Crippen LogP contribution in [0.2, 0.25) is 0 Å². The van der Waals surface area contributed by atoms with Crippen molar-refractivity contribution in [3.05, 3.63) is 52.8 Å². The van der Waals surface area contributed by atoms with Crippen LogP contribution in [-0.2, 0) is 24.1 Å². The van der Waals surface area contributed by atoms with Crippen LogP contribution in [0.1, 0.15) is 40.7 Å². The molecule has 6 heteroatoms. The van der Waals surface area contributed by atoms with Crippen molar-refractivity contribution in [3.8, 4) is 0 Å². The highest BCUT2D eigenvalue weighted by Crippen LogP contribution is 2.25. The second-order valence-electron chi connectivity index (χ2n) is 6.66. The number of ether oxygens (including phenoxy) is 1. The normalized spacial score (nSPS) is 16.3. The quantitative estimate of drug-likeness (QED) is 0.708. The van der Waals surface area contributed by atoms with Gasteiger partial charge in [0.2, 0.25) is 0 Å². The molecule has 0 bridgehead atoms. The molecule has 140 valence electrons. The number of nitrogens with one attached hydrogen (secondary N) is 2. The van der Waals surface area contributed by atoms with Gasteiger partial charge in [0.15, 0.2) is 5.69 Å². The van der Waals surface area contributed by atoms with Gasteiger partial charge in [0.1, 0.15) is 0 Å². The lowest BCUT2D eigenvalue weighted by molar-refractivity contribution is 0.0949. The van der Waals surface area contributed by atoms with Crippen molar-refractivity contribution in [1.82, 2.24) is 20.4 Å². The third-order valence-corrected chi connectivity index (χ3v) is 4.81. The molecule has 0 aliphatic heterocycles. The van der Waals surface area contributed by atoms with Gasteiger partial charge in [-0.1, -0.05) is 30.3 Å². The Hall–Kier alpha value is -2.18. The van der Waals surface area contributed by atoms with Crippen LogP contribution >= 0.6 is 0 Å². The summed E-state index contributed by atoms with van der Waals surface area (Å²) in [6, 6.07) is 10.6. The number of fused-ring (bicyclic) bond motifs is 1. The van der Waals surface area contributed by atoms with Crippen LogP contribution in [0.15, 0.2) is 30.3 Å². The Morgan fingerprint density at radius 3 is 2.88 bits per heavy atom. The maximum atomic E-state index is 12.5. The van der Waals surface area contributed by atoms with Crippen molar-refractivity contribution in [3.63, 3.8) is 0 Å². The van der Waals surface area contributed by atoms with Gasteiger partial charge in [-0.15, -0.1) is 0 Å². The van der Waals surface area contributed by atoms with Crippen molar-refractivity contribution in [1.29, 1.82) is 0 Å². The summed E-state index contributed by atoms with van der Waals surface area (Å²) in [4.78, 5) is 12.5. The molecule has 0 spiro atoms. The molecule has 3 rings (SSSR count). The van der Waals surface area contributed by atoms with Crippen LogP contribution in [0.5, 0.6) is 0 Å². The van der Waals surface area contributed by atoms with Gasteiger partial charge in [-0.25, -0.2) is 0 Å². The average molecular weight is 356 g/mol. The molecule has 0 radical (unpaired) electrons. The first-order chi connectivity index (χ1) is 12.7. The maximum Gasteiger partial charge on any atom is 0.272 e. The average Bonchev–Trinajstić information content (AvgIpc) is 3.01. The van der Waals surface area contributed by atoms with Gasteiger partial charge in [-0.05, 0) is 31.7 Å². The van der Waals surface area contributed by atoms with Gasteiger partial charge >= 0.3 is 0 Å². The first-order valence-corrected chi connectivity index (χ1v) is 9.36. The van der Waals surface area contributed by atoms with Crippen molar-refractivity contribution < 1.29 is 9.53 Å². The SMILES string of the molecule is CCNC(=O)c1nn(Cc2ccccc2)c2c1C[C@@H](NCCOC)CC2. The number of amides is 1. The molecule has 0 saturated heterocycles. The summed E-state index contributed by atoms with van der Waals surface area (Å²) in [5.41, 5.74) is 4.06. The zero-order valence-corrected chi connectivity index (χ0v) is 15.6. The van der Waals surface area contributed by atoms with Crippen molar-refractivity contribution >= 4 is 5.91 Å². The van der Waals surface area contributed by atoms with E-state index in [2.05, 4.69) is 27.9 Å². The van der Waals surface area contributed by atoms with Crippen LogP contribution in [0.25, 0.3) is 0 Å². The second-order valence-corrected chi connectivity index (χ2v) is 6.66. The van der Waals surface area contributed by atoms with Crippen LogP contribution in [0, 0.1) is 0 Å². The highest BCUT2D eigenvalue weighted by molar-refractivity contribution is 5.94. The summed E-state index contributed by atoms with van der Waals surface area (Å²) in [6.45, 7) is 4.75. The molecule has 1 atom stereocenters. The summed E-state index contributed by atoms with van der Waals surface area (Å²) < 4.78 is 7.14. The molecule has 2 N–H and O–H groups in total. The van der Waals surface area contributed by atoms with Crippen molar-refractivity contribution in [2.24, 2.45) is 0 Å². The number of hydrogen-bond acceptors (Lipinski definition) is 4. The monoisotopic (exact) mass is 356 g/mol. The van der Waals surface area contributed by atoms with Gasteiger partial charge in [-0.3, -0.25) is 9.48 Å². The molecule has 0 saturated carbocycles. The number of methoxy groups -OCH3 is 1. The highest BCUT2D eigenvalue weighted by atomic mass is 16.5. The topological polar surface area (TPSA) is 68.2 Å². The zero-order valence-electron chi connectivity index (χ0n) is 15.6. The van der Waals surface area contributed by atoms with E-state index < -0.39 is 0 Å². The van der Waals surface area contributed by atoms with Crippen LogP contribution < -0.4 is 10.6 Å². The summed E-state index contributed by atoms with van der Waals surface area (Å²) in [5, 5.41) is 11.1. The highest BCUT2D eigenvalue weighted by Gasteiger charge is 2.28. The van der Waals surface area contributed by atoms with Gasteiger partial charge in [0, 0.05) is 37.5 Å². The van der Waals surface area contributed by atoms with E-state index in [-0.39, 0.29) is 5.91 Å². The molecule has 1 heterocycles. The molecule has 26 heavy (non-hydrogen) atoms. The Kier molecular flexibility index (Phi) is 6.41. The van der Waals surface area contributed by atoms with Gasteiger partial charge < -0.3 is 15.4 Å². The molecular formula is C20H28N4O2. The van der Waals surface area contributed by atoms with E-state index in [9.17, 15) is 4.79 Å². The number of nitrogens with zero attached hydrogens (tertiary/aromatic N) is 2. The Labute approximate surface area is 154 Å². The predicted octanol–water partition coefficient (Wildman–Crippen LogP) is 1.77. The second kappa shape index (κ2) is 8.96. The fourth-order valence-corrected chi connectivity index (χ4v) is 3.54. The summed E-state index contributed by atoms with van der Waals surface area (Å²) in [5.74, 6) is -0.0758. The predicted molar refractivity (Wildman–Crippen MR) is 101 cm³/mol. The molecule has 1 amide bonds. The number of carbonyl (C=O) groups is 1. The number of benzene rings is 1. The first kappa shape index (κ1) is 18.6. The fraction of sp³-hybridized carbons (Fsp3) is 0.500. The molecule has 1 aliphatic rings. The lowest BCUT2D eigenvalue weighted by atomic mass is 9.91. The standard InChI is InChI=1S/C20H28N4O2/c1-3-21-20(25)19-17-13-16(22-11-12-26-2)9-10-18(17)24(23-19)14-15-7-5-4-6-8-15/h4-8,16,22H,3,9-14H2,1-2H3,(H,21,25)/t16-/m0/s1. The first-order valence-electron chi connectivity index (χ1n) is 9.36. The molecular weight excluding hydrogens is 328 g/mol. The van der Waals surface area contributed by atoms with Crippen LogP contribution in [0.3, 0.4) is 0 Å². The van der Waals surface area contributed by atoms with E-state index in [1.54, 1.807) is 7.11 Å². The summed E-state index contributed by atoms with van der Waals surface area (Å²) in [7, 11) is 1.71.